The van der Waals surface area contributed by atoms with Crippen molar-refractivity contribution < 1.29 is 8.83 Å². The molecular weight excluding hydrogens is 615 g/mol. The van der Waals surface area contributed by atoms with Crippen molar-refractivity contribution in [2.45, 2.75) is 0 Å². The summed E-state index contributed by atoms with van der Waals surface area (Å²) >= 11 is 0. The Kier molecular flexibility index (Phi) is 6.42. The lowest BCUT2D eigenvalue weighted by Crippen LogP contribution is -1.97. The molecule has 10 rings (SSSR count). The van der Waals surface area contributed by atoms with Crippen molar-refractivity contribution in [3.05, 3.63) is 164 Å². The van der Waals surface area contributed by atoms with Crippen LogP contribution in [0.5, 0.6) is 0 Å². The van der Waals surface area contributed by atoms with Crippen LogP contribution in [0.1, 0.15) is 0 Å². The zero-order valence-electron chi connectivity index (χ0n) is 26.7. The number of aromatic nitrogens is 3. The van der Waals surface area contributed by atoms with Crippen molar-refractivity contribution in [1.82, 2.24) is 15.0 Å². The standard InChI is InChI=1S/C45H27N3O2/c1-2-10-29(11-3-1)38-27-39(33-13-5-4-12-31(33)28-22-24-46-25-23-28)48-45(47-38)36-20-19-32(43-35-15-7-9-17-41(35)50-44(36)43)30-18-21-42-37(26-30)34-14-6-8-16-40(34)49-42/h1-27H. The van der Waals surface area contributed by atoms with Crippen molar-refractivity contribution in [2.75, 3.05) is 0 Å². The first-order valence-electron chi connectivity index (χ1n) is 16.6. The minimum atomic E-state index is 0.595. The summed E-state index contributed by atoms with van der Waals surface area (Å²) in [5.74, 6) is 0.595. The molecule has 0 aliphatic carbocycles. The smallest absolute Gasteiger partial charge is 0.164 e. The minimum Gasteiger partial charge on any atom is -0.456 e. The van der Waals surface area contributed by atoms with Crippen LogP contribution in [0.25, 0.3) is 100 Å². The van der Waals surface area contributed by atoms with Crippen LogP contribution in [-0.2, 0) is 0 Å². The Morgan fingerprint density at radius 2 is 1.04 bits per heavy atom. The van der Waals surface area contributed by atoms with Crippen LogP contribution in [0.15, 0.2) is 173 Å². The number of furan rings is 2. The van der Waals surface area contributed by atoms with Gasteiger partial charge < -0.3 is 8.83 Å². The fraction of sp³-hybridized carbons (Fsp3) is 0. The highest BCUT2D eigenvalue weighted by molar-refractivity contribution is 6.17. The summed E-state index contributed by atoms with van der Waals surface area (Å²) in [5.41, 5.74) is 12.1. The monoisotopic (exact) mass is 641 g/mol. The molecule has 0 aliphatic rings. The van der Waals surface area contributed by atoms with Crippen molar-refractivity contribution in [3.63, 3.8) is 0 Å². The van der Waals surface area contributed by atoms with E-state index in [0.29, 0.717) is 5.82 Å². The topological polar surface area (TPSA) is 65.0 Å². The second-order valence-corrected chi connectivity index (χ2v) is 12.4. The third kappa shape index (κ3) is 4.60. The lowest BCUT2D eigenvalue weighted by molar-refractivity contribution is 0.669. The molecule has 0 aliphatic heterocycles. The van der Waals surface area contributed by atoms with Gasteiger partial charge in [0.15, 0.2) is 5.82 Å². The molecule has 5 nitrogen and oxygen atoms in total. The van der Waals surface area contributed by atoms with Crippen molar-refractivity contribution in [2.24, 2.45) is 0 Å². The summed E-state index contributed by atoms with van der Waals surface area (Å²) in [6, 6.07) is 51.8. The maximum absolute atomic E-state index is 6.72. The van der Waals surface area contributed by atoms with Gasteiger partial charge in [-0.25, -0.2) is 9.97 Å². The first kappa shape index (κ1) is 28.2. The van der Waals surface area contributed by atoms with E-state index in [4.69, 9.17) is 18.8 Å². The molecule has 0 spiro atoms. The Balaban J connectivity index is 1.23. The van der Waals surface area contributed by atoms with E-state index in [1.165, 1.54) is 0 Å². The van der Waals surface area contributed by atoms with Gasteiger partial charge in [0.1, 0.15) is 22.3 Å². The predicted molar refractivity (Wildman–Crippen MR) is 202 cm³/mol. The third-order valence-electron chi connectivity index (χ3n) is 9.44. The molecule has 0 atom stereocenters. The molecule has 6 aromatic carbocycles. The summed E-state index contributed by atoms with van der Waals surface area (Å²) in [4.78, 5) is 14.7. The average molecular weight is 642 g/mol. The van der Waals surface area contributed by atoms with Crippen LogP contribution in [0.4, 0.5) is 0 Å². The molecule has 234 valence electrons. The Morgan fingerprint density at radius 1 is 0.380 bits per heavy atom. The van der Waals surface area contributed by atoms with Crippen LogP contribution in [-0.4, -0.2) is 15.0 Å². The van der Waals surface area contributed by atoms with Crippen LogP contribution < -0.4 is 0 Å². The van der Waals surface area contributed by atoms with E-state index in [1.807, 2.05) is 73.1 Å². The molecule has 0 saturated carbocycles. The number of hydrogen-bond donors (Lipinski definition) is 0. The normalized spacial score (nSPS) is 11.6. The van der Waals surface area contributed by atoms with Gasteiger partial charge in [0.05, 0.1) is 17.0 Å². The summed E-state index contributed by atoms with van der Waals surface area (Å²) < 4.78 is 12.9. The Hall–Kier alpha value is -6.85. The highest BCUT2D eigenvalue weighted by Gasteiger charge is 2.21. The zero-order chi connectivity index (χ0) is 33.0. The number of para-hydroxylation sites is 2. The highest BCUT2D eigenvalue weighted by Crippen LogP contribution is 2.43. The van der Waals surface area contributed by atoms with E-state index in [0.717, 1.165) is 94.2 Å². The SMILES string of the molecule is c1ccc(-c2cc(-c3ccccc3-c3ccncc3)nc(-c3ccc(-c4ccc5oc6ccccc6c5c4)c4c3oc3ccccc34)n2)cc1. The molecule has 0 N–H and O–H groups in total. The molecule has 5 heteroatoms. The summed E-state index contributed by atoms with van der Waals surface area (Å²) in [6.07, 6.45) is 3.64. The molecule has 0 fully saturated rings. The highest BCUT2D eigenvalue weighted by atomic mass is 16.3. The number of fused-ring (bicyclic) bond motifs is 6. The second kappa shape index (κ2) is 11.4. The third-order valence-corrected chi connectivity index (χ3v) is 9.44. The predicted octanol–water partition coefficient (Wildman–Crippen LogP) is 12.0. The summed E-state index contributed by atoms with van der Waals surface area (Å²) in [7, 11) is 0. The summed E-state index contributed by atoms with van der Waals surface area (Å²) in [6.45, 7) is 0. The molecule has 0 radical (unpaired) electrons. The van der Waals surface area contributed by atoms with Crippen molar-refractivity contribution in [1.29, 1.82) is 0 Å². The molecule has 10 aromatic rings. The minimum absolute atomic E-state index is 0.595. The van der Waals surface area contributed by atoms with Gasteiger partial charge in [-0.1, -0.05) is 103 Å². The number of hydrogen-bond acceptors (Lipinski definition) is 5. The van der Waals surface area contributed by atoms with Gasteiger partial charge in [0, 0.05) is 45.1 Å². The van der Waals surface area contributed by atoms with Gasteiger partial charge in [-0.3, -0.25) is 4.98 Å². The Labute approximate surface area is 287 Å². The summed E-state index contributed by atoms with van der Waals surface area (Å²) in [5, 5.41) is 4.25. The molecule has 0 bridgehead atoms. The maximum atomic E-state index is 6.72. The van der Waals surface area contributed by atoms with Gasteiger partial charge in [-0.2, -0.15) is 0 Å². The van der Waals surface area contributed by atoms with E-state index in [9.17, 15) is 0 Å². The van der Waals surface area contributed by atoms with E-state index in [1.54, 1.807) is 0 Å². The van der Waals surface area contributed by atoms with E-state index in [-0.39, 0.29) is 0 Å². The van der Waals surface area contributed by atoms with E-state index in [2.05, 4.69) is 96.0 Å². The van der Waals surface area contributed by atoms with Gasteiger partial charge >= 0.3 is 0 Å². The van der Waals surface area contributed by atoms with Crippen molar-refractivity contribution >= 4 is 43.9 Å². The van der Waals surface area contributed by atoms with Crippen LogP contribution in [0.3, 0.4) is 0 Å². The maximum Gasteiger partial charge on any atom is 0.164 e. The second-order valence-electron chi connectivity index (χ2n) is 12.4. The van der Waals surface area contributed by atoms with Gasteiger partial charge in [-0.15, -0.1) is 0 Å². The number of benzene rings is 6. The molecule has 4 heterocycles. The van der Waals surface area contributed by atoms with Crippen LogP contribution >= 0.6 is 0 Å². The molecule has 4 aromatic heterocycles. The molecule has 50 heavy (non-hydrogen) atoms. The van der Waals surface area contributed by atoms with Gasteiger partial charge in [0.25, 0.3) is 0 Å². The molecule has 0 amide bonds. The van der Waals surface area contributed by atoms with Crippen molar-refractivity contribution in [3.8, 4) is 56.2 Å². The van der Waals surface area contributed by atoms with Gasteiger partial charge in [0.2, 0.25) is 0 Å². The Morgan fingerprint density at radius 3 is 1.88 bits per heavy atom. The lowest BCUT2D eigenvalue weighted by Gasteiger charge is -2.13. The first-order valence-corrected chi connectivity index (χ1v) is 16.6. The molecule has 0 saturated heterocycles. The zero-order valence-corrected chi connectivity index (χ0v) is 26.7. The Bertz CT molecular complexity index is 2870. The molecular formula is C45H27N3O2. The lowest BCUT2D eigenvalue weighted by atomic mass is 9.95. The first-order chi connectivity index (χ1) is 24.8. The van der Waals surface area contributed by atoms with E-state index < -0.39 is 0 Å². The van der Waals surface area contributed by atoms with Crippen LogP contribution in [0.2, 0.25) is 0 Å². The average Bonchev–Trinajstić information content (AvgIpc) is 3.77. The largest absolute Gasteiger partial charge is 0.456 e. The molecule has 0 unspecified atom stereocenters. The fourth-order valence-corrected chi connectivity index (χ4v) is 7.09. The number of pyridine rings is 1. The quantitative estimate of drug-likeness (QED) is 0.187. The number of rotatable bonds is 5. The van der Waals surface area contributed by atoms with Gasteiger partial charge in [-0.05, 0) is 70.8 Å². The number of nitrogens with zero attached hydrogens (tertiary/aromatic N) is 3. The van der Waals surface area contributed by atoms with E-state index >= 15 is 0 Å². The van der Waals surface area contributed by atoms with Crippen LogP contribution in [0, 0.1) is 0 Å². The fourth-order valence-electron chi connectivity index (χ4n) is 7.09.